The molecule has 1 N–H and O–H groups in total. The first-order valence-corrected chi connectivity index (χ1v) is 12.6. The molecule has 1 saturated heterocycles. The molecule has 39 heavy (non-hydrogen) atoms. The molecule has 3 aromatic rings. The SMILES string of the molecule is COc1ncccc1C(=O)Nc1nc2c(nc1N1CCC(Oc3ccc(F)cc3F)CC1)CCN(C(C)=O)C2. The smallest absolute Gasteiger partial charge is 0.262 e. The first-order valence-electron chi connectivity index (χ1n) is 12.6. The second kappa shape index (κ2) is 11.2. The summed E-state index contributed by atoms with van der Waals surface area (Å²) in [6.07, 6.45) is 2.91. The van der Waals surface area contributed by atoms with Gasteiger partial charge in [-0.1, -0.05) is 0 Å². The highest BCUT2D eigenvalue weighted by molar-refractivity contribution is 6.06. The number of carbonyl (C=O) groups excluding carboxylic acids is 2. The number of nitrogens with zero attached hydrogens (tertiary/aromatic N) is 5. The lowest BCUT2D eigenvalue weighted by molar-refractivity contribution is -0.129. The second-order valence-electron chi connectivity index (χ2n) is 9.37. The monoisotopic (exact) mass is 538 g/mol. The third-order valence-corrected chi connectivity index (χ3v) is 6.81. The van der Waals surface area contributed by atoms with Gasteiger partial charge in [-0.25, -0.2) is 23.7 Å². The molecule has 2 aliphatic rings. The van der Waals surface area contributed by atoms with Gasteiger partial charge in [-0.2, -0.15) is 0 Å². The van der Waals surface area contributed by atoms with Crippen LogP contribution < -0.4 is 19.7 Å². The Bertz CT molecular complexity index is 1400. The van der Waals surface area contributed by atoms with Crippen molar-refractivity contribution in [2.75, 3.05) is 37.0 Å². The van der Waals surface area contributed by atoms with Crippen molar-refractivity contribution >= 4 is 23.5 Å². The molecule has 0 bridgehead atoms. The molecular formula is C27H28F2N6O4. The predicted octanol–water partition coefficient (Wildman–Crippen LogP) is 3.36. The summed E-state index contributed by atoms with van der Waals surface area (Å²) in [5, 5.41) is 2.86. The van der Waals surface area contributed by atoms with Crippen molar-refractivity contribution in [2.24, 2.45) is 0 Å². The number of methoxy groups -OCH3 is 1. The number of amides is 2. The lowest BCUT2D eigenvalue weighted by Crippen LogP contribution is -2.40. The van der Waals surface area contributed by atoms with Gasteiger partial charge in [-0.05, 0) is 24.3 Å². The van der Waals surface area contributed by atoms with Crippen molar-refractivity contribution in [3.63, 3.8) is 0 Å². The van der Waals surface area contributed by atoms with Gasteiger partial charge in [0.1, 0.15) is 17.5 Å². The van der Waals surface area contributed by atoms with Crippen LogP contribution in [0.1, 0.15) is 41.5 Å². The van der Waals surface area contributed by atoms with Crippen LogP contribution in [0, 0.1) is 11.6 Å². The summed E-state index contributed by atoms with van der Waals surface area (Å²) in [4.78, 5) is 42.6. The Morgan fingerprint density at radius 1 is 1.08 bits per heavy atom. The fourth-order valence-corrected chi connectivity index (χ4v) is 4.73. The summed E-state index contributed by atoms with van der Waals surface area (Å²) < 4.78 is 38.4. The van der Waals surface area contributed by atoms with Crippen LogP contribution >= 0.6 is 0 Å². The molecule has 2 aliphatic heterocycles. The third kappa shape index (κ3) is 5.74. The molecule has 5 rings (SSSR count). The van der Waals surface area contributed by atoms with Crippen LogP contribution in [0.3, 0.4) is 0 Å². The molecule has 204 valence electrons. The van der Waals surface area contributed by atoms with E-state index in [0.29, 0.717) is 57.0 Å². The van der Waals surface area contributed by atoms with Gasteiger partial charge in [0, 0.05) is 58.1 Å². The Kier molecular flexibility index (Phi) is 7.53. The largest absolute Gasteiger partial charge is 0.487 e. The standard InChI is InChI=1S/C27H28F2N6O4/c1-16(36)35-13-9-21-22(15-35)31-24(33-26(37)19-4-3-10-30-27(19)38-2)25(32-21)34-11-7-18(8-12-34)39-23-6-5-17(28)14-20(23)29/h3-6,10,14,18H,7-9,11-13,15H2,1-2H3,(H,31,33,37). The molecule has 1 aromatic carbocycles. The number of aromatic nitrogens is 3. The zero-order valence-corrected chi connectivity index (χ0v) is 21.6. The second-order valence-corrected chi connectivity index (χ2v) is 9.37. The molecule has 0 aliphatic carbocycles. The first kappa shape index (κ1) is 26.3. The number of anilines is 2. The van der Waals surface area contributed by atoms with Crippen molar-refractivity contribution in [3.8, 4) is 11.6 Å². The zero-order valence-electron chi connectivity index (χ0n) is 21.6. The molecule has 0 saturated carbocycles. The van der Waals surface area contributed by atoms with Crippen LogP contribution in [0.15, 0.2) is 36.5 Å². The molecular weight excluding hydrogens is 510 g/mol. The number of fused-ring (bicyclic) bond motifs is 1. The summed E-state index contributed by atoms with van der Waals surface area (Å²) in [6.45, 7) is 3.37. The maximum Gasteiger partial charge on any atom is 0.262 e. The van der Waals surface area contributed by atoms with Gasteiger partial charge in [0.2, 0.25) is 11.8 Å². The molecule has 0 atom stereocenters. The summed E-state index contributed by atoms with van der Waals surface area (Å²) in [5.41, 5.74) is 1.63. The van der Waals surface area contributed by atoms with Gasteiger partial charge in [0.25, 0.3) is 5.91 Å². The minimum atomic E-state index is -0.742. The molecule has 0 spiro atoms. The van der Waals surface area contributed by atoms with Gasteiger partial charge in [-0.15, -0.1) is 0 Å². The number of ether oxygens (including phenoxy) is 2. The highest BCUT2D eigenvalue weighted by atomic mass is 19.1. The van der Waals surface area contributed by atoms with E-state index in [1.54, 1.807) is 17.0 Å². The molecule has 0 radical (unpaired) electrons. The van der Waals surface area contributed by atoms with E-state index in [0.717, 1.165) is 17.8 Å². The fourth-order valence-electron chi connectivity index (χ4n) is 4.73. The van der Waals surface area contributed by atoms with E-state index < -0.39 is 17.5 Å². The number of hydrogen-bond acceptors (Lipinski definition) is 8. The summed E-state index contributed by atoms with van der Waals surface area (Å²) in [6, 6.07) is 6.48. The number of benzene rings is 1. The Morgan fingerprint density at radius 3 is 2.59 bits per heavy atom. The quantitative estimate of drug-likeness (QED) is 0.509. The summed E-state index contributed by atoms with van der Waals surface area (Å²) in [5.74, 6) is -0.963. The van der Waals surface area contributed by atoms with Gasteiger partial charge < -0.3 is 24.6 Å². The van der Waals surface area contributed by atoms with E-state index in [2.05, 4.69) is 10.3 Å². The van der Waals surface area contributed by atoms with E-state index in [1.165, 1.54) is 26.3 Å². The molecule has 2 amide bonds. The van der Waals surface area contributed by atoms with Crippen LogP contribution in [0.2, 0.25) is 0 Å². The van der Waals surface area contributed by atoms with Crippen LogP contribution in [0.5, 0.6) is 11.6 Å². The third-order valence-electron chi connectivity index (χ3n) is 6.81. The number of nitrogens with one attached hydrogen (secondary N) is 1. The molecule has 4 heterocycles. The fraction of sp³-hybridized carbons (Fsp3) is 0.370. The van der Waals surface area contributed by atoms with Crippen LogP contribution in [-0.4, -0.2) is 64.5 Å². The van der Waals surface area contributed by atoms with Gasteiger partial charge in [0.05, 0.1) is 25.0 Å². The Morgan fingerprint density at radius 2 is 1.87 bits per heavy atom. The maximum absolute atomic E-state index is 14.1. The Balaban J connectivity index is 1.39. The van der Waals surface area contributed by atoms with E-state index in [4.69, 9.17) is 19.4 Å². The van der Waals surface area contributed by atoms with Crippen LogP contribution in [0.4, 0.5) is 20.4 Å². The van der Waals surface area contributed by atoms with E-state index in [1.807, 2.05) is 4.90 Å². The van der Waals surface area contributed by atoms with Crippen LogP contribution in [-0.2, 0) is 17.8 Å². The minimum absolute atomic E-state index is 0.0109. The van der Waals surface area contributed by atoms with Crippen molar-refractivity contribution in [1.29, 1.82) is 0 Å². The minimum Gasteiger partial charge on any atom is -0.487 e. The van der Waals surface area contributed by atoms with E-state index >= 15 is 0 Å². The zero-order chi connectivity index (χ0) is 27.5. The van der Waals surface area contributed by atoms with Gasteiger partial charge in [-0.3, -0.25) is 9.59 Å². The maximum atomic E-state index is 14.1. The van der Waals surface area contributed by atoms with Crippen LogP contribution in [0.25, 0.3) is 0 Å². The molecule has 12 heteroatoms. The highest BCUT2D eigenvalue weighted by Crippen LogP contribution is 2.31. The van der Waals surface area contributed by atoms with Crippen molar-refractivity contribution in [1.82, 2.24) is 19.9 Å². The predicted molar refractivity (Wildman–Crippen MR) is 138 cm³/mol. The number of hydrogen-bond donors (Lipinski definition) is 1. The van der Waals surface area contributed by atoms with Crippen molar-refractivity contribution in [3.05, 3.63) is 65.1 Å². The lowest BCUT2D eigenvalue weighted by Gasteiger charge is -2.35. The normalized spacial score (nSPS) is 15.5. The van der Waals surface area contributed by atoms with E-state index in [9.17, 15) is 18.4 Å². The number of pyridine rings is 1. The number of carbonyl (C=O) groups is 2. The number of halogens is 2. The van der Waals surface area contributed by atoms with Gasteiger partial charge in [0.15, 0.2) is 23.2 Å². The highest BCUT2D eigenvalue weighted by Gasteiger charge is 2.29. The number of rotatable bonds is 6. The molecule has 1 fully saturated rings. The number of piperidine rings is 1. The molecule has 10 nitrogen and oxygen atoms in total. The topological polar surface area (TPSA) is 110 Å². The Labute approximate surface area is 224 Å². The molecule has 0 unspecified atom stereocenters. The first-order chi connectivity index (χ1) is 18.8. The van der Waals surface area contributed by atoms with Gasteiger partial charge >= 0.3 is 0 Å². The average Bonchev–Trinajstić information content (AvgIpc) is 2.94. The molecule has 2 aromatic heterocycles. The Hall–Kier alpha value is -4.35. The van der Waals surface area contributed by atoms with E-state index in [-0.39, 0.29) is 35.0 Å². The average molecular weight is 539 g/mol. The summed E-state index contributed by atoms with van der Waals surface area (Å²) >= 11 is 0. The van der Waals surface area contributed by atoms with Crippen molar-refractivity contribution < 1.29 is 27.8 Å². The van der Waals surface area contributed by atoms with Crippen molar-refractivity contribution in [2.45, 2.75) is 38.8 Å². The summed E-state index contributed by atoms with van der Waals surface area (Å²) in [7, 11) is 1.43. The lowest BCUT2D eigenvalue weighted by atomic mass is 10.1.